The summed E-state index contributed by atoms with van der Waals surface area (Å²) in [4.78, 5) is 0. The Labute approximate surface area is 198 Å². The molecule has 0 bridgehead atoms. The second-order valence-electron chi connectivity index (χ2n) is 9.60. The summed E-state index contributed by atoms with van der Waals surface area (Å²) in [5.74, 6) is 0. The first-order valence-electron chi connectivity index (χ1n) is 11.6. The lowest BCUT2D eigenvalue weighted by atomic mass is 9.81. The molecule has 14 N–H and O–H groups in total. The van der Waals surface area contributed by atoms with Crippen LogP contribution < -0.4 is 28.3 Å². The molecule has 3 aliphatic rings. The third kappa shape index (κ3) is 5.26. The summed E-state index contributed by atoms with van der Waals surface area (Å²) in [5.41, 5.74) is 22.4. The monoisotopic (exact) mass is 495 g/mol. The minimum atomic E-state index is -1.63. The molecule has 3 fully saturated rings. The van der Waals surface area contributed by atoms with E-state index in [1.807, 2.05) is 0 Å². The van der Waals surface area contributed by atoms with Crippen molar-refractivity contribution >= 4 is 0 Å². The van der Waals surface area contributed by atoms with Crippen molar-refractivity contribution in [2.24, 2.45) is 22.9 Å². The molecule has 1 saturated carbocycles. The summed E-state index contributed by atoms with van der Waals surface area (Å²) >= 11 is 0. The highest BCUT2D eigenvalue weighted by molar-refractivity contribution is 5.07. The predicted octanol–water partition coefficient (Wildman–Crippen LogP) is -5.65. The topological polar surface area (TPSA) is 254 Å². The van der Waals surface area contributed by atoms with Crippen LogP contribution in [0.25, 0.3) is 0 Å². The molecule has 0 aromatic rings. The van der Waals surface area contributed by atoms with E-state index in [0.717, 1.165) is 0 Å². The predicted molar refractivity (Wildman–Crippen MR) is 118 cm³/mol. The van der Waals surface area contributed by atoms with Crippen molar-refractivity contribution < 1.29 is 44.5 Å². The number of rotatable bonds is 7. The van der Waals surface area contributed by atoms with E-state index in [9.17, 15) is 25.5 Å². The van der Waals surface area contributed by atoms with Gasteiger partial charge in [-0.1, -0.05) is 0 Å². The summed E-state index contributed by atoms with van der Waals surface area (Å²) in [7, 11) is 1.52. The summed E-state index contributed by atoms with van der Waals surface area (Å²) in [6.45, 7) is 1.12. The van der Waals surface area contributed by atoms with Gasteiger partial charge in [0.2, 0.25) is 0 Å². The first-order chi connectivity index (χ1) is 16.0. The second kappa shape index (κ2) is 11.2. The Balaban J connectivity index is 1.78. The van der Waals surface area contributed by atoms with E-state index in [1.165, 1.54) is 14.0 Å². The Morgan fingerprint density at radius 3 is 2.06 bits per heavy atom. The van der Waals surface area contributed by atoms with Crippen LogP contribution in [0.2, 0.25) is 0 Å². The van der Waals surface area contributed by atoms with Gasteiger partial charge in [0.15, 0.2) is 12.6 Å². The molecule has 0 amide bonds. The molecule has 3 rings (SSSR count). The van der Waals surface area contributed by atoms with Gasteiger partial charge in [-0.25, -0.2) is 0 Å². The average molecular weight is 496 g/mol. The summed E-state index contributed by atoms with van der Waals surface area (Å²) in [5, 5.41) is 55.7. The molecular formula is C20H41N5O9. The summed E-state index contributed by atoms with van der Waals surface area (Å²) in [6, 6.07) is -3.70. The van der Waals surface area contributed by atoms with Crippen LogP contribution in [0.3, 0.4) is 0 Å². The standard InChI is InChI=1S/C20H41N5O9/c1-20(30)9(6-26)32-19(14(29)17(20)25-2)34-16-11(24)12(27)10(23)15(13(16)28)33-18-8(22)4-3-7(5-21)31-18/h7-19,25-30H,3-6,21-24H2,1-2H3/t7-,8?,9?,10+,11-,12?,13?,14?,15?,16+,17-,18-,19-,20+/m1/s1. The number of hydrogen-bond acceptors (Lipinski definition) is 14. The number of ether oxygens (including phenoxy) is 4. The fraction of sp³-hybridized carbons (Fsp3) is 1.00. The van der Waals surface area contributed by atoms with E-state index in [-0.39, 0.29) is 12.6 Å². The minimum Gasteiger partial charge on any atom is -0.394 e. The molecule has 200 valence electrons. The van der Waals surface area contributed by atoms with Gasteiger partial charge < -0.3 is 72.7 Å². The Bertz CT molecular complexity index is 664. The van der Waals surface area contributed by atoms with Crippen LogP contribution in [0.1, 0.15) is 19.8 Å². The minimum absolute atomic E-state index is 0.268. The molecule has 6 unspecified atom stereocenters. The van der Waals surface area contributed by atoms with Gasteiger partial charge in [-0.05, 0) is 26.8 Å². The van der Waals surface area contributed by atoms with E-state index < -0.39 is 85.6 Å². The molecule has 0 aromatic heterocycles. The highest BCUT2D eigenvalue weighted by Crippen LogP contribution is 2.34. The molecule has 2 aliphatic heterocycles. The van der Waals surface area contributed by atoms with Gasteiger partial charge in [-0.2, -0.15) is 0 Å². The molecule has 34 heavy (non-hydrogen) atoms. The number of nitrogens with one attached hydrogen (secondary N) is 1. The van der Waals surface area contributed by atoms with Crippen LogP contribution in [-0.2, 0) is 18.9 Å². The number of aliphatic hydroxyl groups excluding tert-OH is 4. The maximum Gasteiger partial charge on any atom is 0.186 e. The van der Waals surface area contributed by atoms with E-state index in [1.54, 1.807) is 0 Å². The van der Waals surface area contributed by atoms with Crippen LogP contribution >= 0.6 is 0 Å². The zero-order valence-electron chi connectivity index (χ0n) is 19.5. The molecular weight excluding hydrogens is 454 g/mol. The molecule has 0 spiro atoms. The SMILES string of the molecule is CN[C@@H]1C(O)[C@@H](O[C@@H]2C(O)C(O[C@H]3O[C@@H](CN)CCC3N)[C@@H](N)C(O)[C@H]2N)OC(CO)[C@]1(C)O. The summed E-state index contributed by atoms with van der Waals surface area (Å²) in [6.07, 6.45) is -9.14. The lowest BCUT2D eigenvalue weighted by Gasteiger charge is -2.51. The van der Waals surface area contributed by atoms with Crippen molar-refractivity contribution in [1.82, 2.24) is 5.32 Å². The van der Waals surface area contributed by atoms with Crippen molar-refractivity contribution in [3.05, 3.63) is 0 Å². The van der Waals surface area contributed by atoms with Gasteiger partial charge in [-0.15, -0.1) is 0 Å². The fourth-order valence-corrected chi connectivity index (χ4v) is 5.01. The smallest absolute Gasteiger partial charge is 0.186 e. The molecule has 1 aliphatic carbocycles. The molecule has 0 radical (unpaired) electrons. The van der Waals surface area contributed by atoms with E-state index in [0.29, 0.717) is 12.8 Å². The molecule has 14 atom stereocenters. The van der Waals surface area contributed by atoms with Crippen LogP contribution in [0.4, 0.5) is 0 Å². The normalized spacial score (nSPS) is 52.5. The fourth-order valence-electron chi connectivity index (χ4n) is 5.01. The van der Waals surface area contributed by atoms with Crippen molar-refractivity contribution in [3.63, 3.8) is 0 Å². The van der Waals surface area contributed by atoms with E-state index in [4.69, 9.17) is 41.9 Å². The maximum absolute atomic E-state index is 11.1. The zero-order valence-corrected chi connectivity index (χ0v) is 19.5. The Morgan fingerprint density at radius 1 is 0.941 bits per heavy atom. The van der Waals surface area contributed by atoms with E-state index >= 15 is 0 Å². The van der Waals surface area contributed by atoms with Crippen LogP contribution in [0, 0.1) is 0 Å². The van der Waals surface area contributed by atoms with Gasteiger partial charge in [0.05, 0.1) is 43.0 Å². The van der Waals surface area contributed by atoms with E-state index in [2.05, 4.69) is 5.32 Å². The van der Waals surface area contributed by atoms with Crippen LogP contribution in [-0.4, -0.2) is 131 Å². The number of aliphatic hydroxyl groups is 5. The van der Waals surface area contributed by atoms with Crippen LogP contribution in [0.5, 0.6) is 0 Å². The first kappa shape index (κ1) is 28.0. The molecule has 0 aromatic carbocycles. The number of hydrogen-bond donors (Lipinski definition) is 10. The first-order valence-corrected chi connectivity index (χ1v) is 11.6. The van der Waals surface area contributed by atoms with Gasteiger partial charge in [0, 0.05) is 6.54 Å². The summed E-state index contributed by atoms with van der Waals surface area (Å²) < 4.78 is 23.1. The van der Waals surface area contributed by atoms with Crippen molar-refractivity contribution in [1.29, 1.82) is 0 Å². The average Bonchev–Trinajstić information content (AvgIpc) is 2.80. The Hall–Kier alpha value is -0.560. The van der Waals surface area contributed by atoms with Crippen molar-refractivity contribution in [2.45, 2.75) is 105 Å². The van der Waals surface area contributed by atoms with Gasteiger partial charge in [0.25, 0.3) is 0 Å². The van der Waals surface area contributed by atoms with Gasteiger partial charge in [0.1, 0.15) is 36.1 Å². The van der Waals surface area contributed by atoms with Gasteiger partial charge >= 0.3 is 0 Å². The van der Waals surface area contributed by atoms with Crippen molar-refractivity contribution in [3.8, 4) is 0 Å². The number of likely N-dealkylation sites (N-methyl/N-ethyl adjacent to an activating group) is 1. The highest BCUT2D eigenvalue weighted by atomic mass is 16.7. The lowest BCUT2D eigenvalue weighted by Crippen LogP contribution is -2.74. The third-order valence-electron chi connectivity index (χ3n) is 7.24. The molecule has 2 heterocycles. The van der Waals surface area contributed by atoms with Gasteiger partial charge in [-0.3, -0.25) is 0 Å². The molecule has 2 saturated heterocycles. The Morgan fingerprint density at radius 2 is 1.53 bits per heavy atom. The third-order valence-corrected chi connectivity index (χ3v) is 7.24. The lowest BCUT2D eigenvalue weighted by molar-refractivity contribution is -0.333. The zero-order chi connectivity index (χ0) is 25.4. The molecule has 14 heteroatoms. The second-order valence-corrected chi connectivity index (χ2v) is 9.60. The quantitative estimate of drug-likeness (QED) is 0.158. The number of nitrogens with two attached hydrogens (primary N) is 4. The largest absolute Gasteiger partial charge is 0.394 e. The Kier molecular flexibility index (Phi) is 9.25. The van der Waals surface area contributed by atoms with Crippen molar-refractivity contribution in [2.75, 3.05) is 20.2 Å². The highest BCUT2D eigenvalue weighted by Gasteiger charge is 2.55. The molecule has 14 nitrogen and oxygen atoms in total. The van der Waals surface area contributed by atoms with Crippen LogP contribution in [0.15, 0.2) is 0 Å². The maximum atomic E-state index is 11.1.